The van der Waals surface area contributed by atoms with Crippen LogP contribution in [-0.2, 0) is 4.79 Å². The van der Waals surface area contributed by atoms with Crippen LogP contribution in [-0.4, -0.2) is 16.9 Å². The number of hydrogen-bond donors (Lipinski definition) is 2. The number of nitro groups is 1. The zero-order valence-electron chi connectivity index (χ0n) is 10.6. The molecule has 1 amide bonds. The summed E-state index contributed by atoms with van der Waals surface area (Å²) >= 11 is 0. The molecule has 0 aliphatic carbocycles. The predicted octanol–water partition coefficient (Wildman–Crippen LogP) is 2.19. The molecule has 0 spiro atoms. The molecule has 7 heteroatoms. The van der Waals surface area contributed by atoms with E-state index < -0.39 is 34.1 Å². The number of nitrogens with zero attached hydrogens (tertiary/aromatic N) is 1. The van der Waals surface area contributed by atoms with Crippen molar-refractivity contribution in [3.05, 3.63) is 34.1 Å². The second-order valence-electron chi connectivity index (χ2n) is 4.13. The minimum Gasteiger partial charge on any atom is -0.320 e. The lowest BCUT2D eigenvalue weighted by molar-refractivity contribution is -0.384. The molecular formula is C12H16FN3O3. The maximum atomic E-state index is 13.5. The molecule has 6 nitrogen and oxygen atoms in total. The largest absolute Gasteiger partial charge is 0.320 e. The fraction of sp³-hybridized carbons (Fsp3) is 0.417. The Morgan fingerprint density at radius 1 is 1.58 bits per heavy atom. The summed E-state index contributed by atoms with van der Waals surface area (Å²) in [6.07, 6.45) is 2.08. The van der Waals surface area contributed by atoms with Crippen LogP contribution in [0.25, 0.3) is 0 Å². The number of halogens is 1. The van der Waals surface area contributed by atoms with E-state index in [9.17, 15) is 19.3 Å². The number of nitrogens with one attached hydrogen (secondary N) is 1. The van der Waals surface area contributed by atoms with Gasteiger partial charge >= 0.3 is 0 Å². The molecule has 1 rings (SSSR count). The van der Waals surface area contributed by atoms with E-state index in [1.807, 2.05) is 6.92 Å². The SMILES string of the molecule is CCCCC(N)C(=O)Nc1c(F)cccc1[N+](=O)[O-]. The Morgan fingerprint density at radius 3 is 2.84 bits per heavy atom. The number of carbonyl (C=O) groups excluding carboxylic acids is 1. The molecule has 104 valence electrons. The highest BCUT2D eigenvalue weighted by Crippen LogP contribution is 2.27. The van der Waals surface area contributed by atoms with E-state index in [0.717, 1.165) is 25.0 Å². The lowest BCUT2D eigenvalue weighted by Crippen LogP contribution is -2.35. The Kier molecular flexibility index (Phi) is 5.37. The summed E-state index contributed by atoms with van der Waals surface area (Å²) in [6, 6.07) is 2.57. The molecule has 0 fully saturated rings. The normalized spacial score (nSPS) is 11.9. The lowest BCUT2D eigenvalue weighted by atomic mass is 10.1. The summed E-state index contributed by atoms with van der Waals surface area (Å²) in [5.74, 6) is -1.48. The number of rotatable bonds is 6. The quantitative estimate of drug-likeness (QED) is 0.610. The summed E-state index contributed by atoms with van der Waals surface area (Å²) in [4.78, 5) is 21.7. The number of nitrogens with two attached hydrogens (primary N) is 1. The fourth-order valence-electron chi connectivity index (χ4n) is 1.56. The van der Waals surface area contributed by atoms with Gasteiger partial charge in [0.2, 0.25) is 5.91 Å². The van der Waals surface area contributed by atoms with Crippen LogP contribution >= 0.6 is 0 Å². The highest BCUT2D eigenvalue weighted by molar-refractivity contribution is 5.96. The van der Waals surface area contributed by atoms with Crippen molar-refractivity contribution in [2.75, 3.05) is 5.32 Å². The second kappa shape index (κ2) is 6.79. The van der Waals surface area contributed by atoms with Crippen molar-refractivity contribution in [1.29, 1.82) is 0 Å². The minimum atomic E-state index is -0.856. The topological polar surface area (TPSA) is 98.3 Å². The van der Waals surface area contributed by atoms with E-state index in [4.69, 9.17) is 5.73 Å². The van der Waals surface area contributed by atoms with E-state index in [1.165, 1.54) is 6.07 Å². The van der Waals surface area contributed by atoms with E-state index in [0.29, 0.717) is 6.42 Å². The second-order valence-corrected chi connectivity index (χ2v) is 4.13. The van der Waals surface area contributed by atoms with Gasteiger partial charge in [0, 0.05) is 6.07 Å². The highest BCUT2D eigenvalue weighted by Gasteiger charge is 2.22. The number of benzene rings is 1. The van der Waals surface area contributed by atoms with Gasteiger partial charge in [0.1, 0.15) is 0 Å². The number of amides is 1. The fourth-order valence-corrected chi connectivity index (χ4v) is 1.56. The number of hydrogen-bond acceptors (Lipinski definition) is 4. The third-order valence-electron chi connectivity index (χ3n) is 2.64. The minimum absolute atomic E-state index is 0.440. The number of carbonyl (C=O) groups is 1. The molecule has 0 aromatic heterocycles. The molecule has 0 saturated heterocycles. The van der Waals surface area contributed by atoms with Crippen molar-refractivity contribution in [3.8, 4) is 0 Å². The maximum Gasteiger partial charge on any atom is 0.295 e. The van der Waals surface area contributed by atoms with Crippen LogP contribution in [0.3, 0.4) is 0 Å². The Bertz CT molecular complexity index is 479. The molecule has 0 bridgehead atoms. The molecule has 3 N–H and O–H groups in total. The molecule has 0 aliphatic heterocycles. The Hall–Kier alpha value is -2.02. The first-order valence-electron chi connectivity index (χ1n) is 5.96. The van der Waals surface area contributed by atoms with Crippen molar-refractivity contribution in [2.24, 2.45) is 5.73 Å². The Balaban J connectivity index is 2.87. The molecule has 0 aliphatic rings. The maximum absolute atomic E-state index is 13.5. The van der Waals surface area contributed by atoms with Gasteiger partial charge in [-0.25, -0.2) is 4.39 Å². The van der Waals surface area contributed by atoms with Gasteiger partial charge in [-0.1, -0.05) is 25.8 Å². The van der Waals surface area contributed by atoms with Crippen molar-refractivity contribution in [2.45, 2.75) is 32.2 Å². The first-order chi connectivity index (χ1) is 8.97. The number of anilines is 1. The molecule has 0 saturated carbocycles. The molecule has 19 heavy (non-hydrogen) atoms. The van der Waals surface area contributed by atoms with Crippen LogP contribution < -0.4 is 11.1 Å². The van der Waals surface area contributed by atoms with Crippen LogP contribution in [0.4, 0.5) is 15.8 Å². The van der Waals surface area contributed by atoms with Gasteiger partial charge in [0.15, 0.2) is 11.5 Å². The number of nitro benzene ring substituents is 1. The average molecular weight is 269 g/mol. The lowest BCUT2D eigenvalue weighted by Gasteiger charge is -2.12. The first-order valence-corrected chi connectivity index (χ1v) is 5.96. The summed E-state index contributed by atoms with van der Waals surface area (Å²) in [5, 5.41) is 12.9. The Morgan fingerprint density at radius 2 is 2.26 bits per heavy atom. The molecule has 0 radical (unpaired) electrons. The van der Waals surface area contributed by atoms with Gasteiger partial charge in [0.25, 0.3) is 5.69 Å². The van der Waals surface area contributed by atoms with Crippen molar-refractivity contribution < 1.29 is 14.1 Å². The zero-order chi connectivity index (χ0) is 14.4. The smallest absolute Gasteiger partial charge is 0.295 e. The van der Waals surface area contributed by atoms with Crippen molar-refractivity contribution >= 4 is 17.3 Å². The molecule has 1 unspecified atom stereocenters. The van der Waals surface area contributed by atoms with E-state index >= 15 is 0 Å². The van der Waals surface area contributed by atoms with Crippen molar-refractivity contribution in [3.63, 3.8) is 0 Å². The third-order valence-corrected chi connectivity index (χ3v) is 2.64. The average Bonchev–Trinajstić information content (AvgIpc) is 2.37. The molecule has 0 heterocycles. The summed E-state index contributed by atoms with van der Waals surface area (Å²) in [6.45, 7) is 1.95. The first kappa shape index (κ1) is 15.0. The van der Waals surface area contributed by atoms with Gasteiger partial charge in [-0.2, -0.15) is 0 Å². The monoisotopic (exact) mass is 269 g/mol. The molecule has 1 aromatic carbocycles. The van der Waals surface area contributed by atoms with Crippen LogP contribution in [0.1, 0.15) is 26.2 Å². The van der Waals surface area contributed by atoms with Crippen molar-refractivity contribution in [1.82, 2.24) is 0 Å². The molecule has 1 atom stereocenters. The molecule has 1 aromatic rings. The summed E-state index contributed by atoms with van der Waals surface area (Å²) in [5.41, 5.74) is 4.69. The van der Waals surface area contributed by atoms with Crippen LogP contribution in [0.5, 0.6) is 0 Å². The molecular weight excluding hydrogens is 253 g/mol. The van der Waals surface area contributed by atoms with Gasteiger partial charge in [-0.05, 0) is 12.5 Å². The standard InChI is InChI=1S/C12H16FN3O3/c1-2-3-6-9(14)12(17)15-11-8(13)5-4-7-10(11)16(18)19/h4-5,7,9H,2-3,6,14H2,1H3,(H,15,17). The van der Waals surface area contributed by atoms with Crippen LogP contribution in [0.15, 0.2) is 18.2 Å². The summed E-state index contributed by atoms with van der Waals surface area (Å²) < 4.78 is 13.5. The Labute approximate surface area is 109 Å². The zero-order valence-corrected chi connectivity index (χ0v) is 10.6. The van der Waals surface area contributed by atoms with E-state index in [1.54, 1.807) is 0 Å². The number of unbranched alkanes of at least 4 members (excludes halogenated alkanes) is 1. The highest BCUT2D eigenvalue weighted by atomic mass is 19.1. The van der Waals surface area contributed by atoms with Crippen LogP contribution in [0.2, 0.25) is 0 Å². The van der Waals surface area contributed by atoms with Crippen LogP contribution in [0, 0.1) is 15.9 Å². The predicted molar refractivity (Wildman–Crippen MR) is 69.2 cm³/mol. The van der Waals surface area contributed by atoms with E-state index in [-0.39, 0.29) is 0 Å². The third kappa shape index (κ3) is 3.99. The van der Waals surface area contributed by atoms with E-state index in [2.05, 4.69) is 5.32 Å². The van der Waals surface area contributed by atoms with Gasteiger partial charge in [-0.15, -0.1) is 0 Å². The van der Waals surface area contributed by atoms with Gasteiger partial charge in [0.05, 0.1) is 11.0 Å². The summed E-state index contributed by atoms with van der Waals surface area (Å²) in [7, 11) is 0. The van der Waals surface area contributed by atoms with Gasteiger partial charge in [-0.3, -0.25) is 14.9 Å². The van der Waals surface area contributed by atoms with Gasteiger partial charge < -0.3 is 11.1 Å². The number of para-hydroxylation sites is 1.